The third-order valence-corrected chi connectivity index (χ3v) is 5.30. The van der Waals surface area contributed by atoms with Crippen LogP contribution in [0.25, 0.3) is 0 Å². The van der Waals surface area contributed by atoms with Gasteiger partial charge in [-0.15, -0.1) is 0 Å². The van der Waals surface area contributed by atoms with Crippen LogP contribution in [-0.2, 0) is 11.2 Å². The topological polar surface area (TPSA) is 61.4 Å². The van der Waals surface area contributed by atoms with Gasteiger partial charge in [0.05, 0.1) is 6.04 Å². The number of likely N-dealkylation sites (tertiary alicyclic amines) is 1. The van der Waals surface area contributed by atoms with Gasteiger partial charge in [-0.3, -0.25) is 14.5 Å². The van der Waals surface area contributed by atoms with Gasteiger partial charge in [-0.25, -0.2) is 0 Å². The number of para-hydroxylation sites is 1. The molecule has 26 heavy (non-hydrogen) atoms. The molecule has 2 aliphatic heterocycles. The predicted octanol–water partition coefficient (Wildman–Crippen LogP) is 2.44. The number of aryl methyl sites for hydroxylation is 1. The van der Waals surface area contributed by atoms with Crippen molar-refractivity contribution >= 4 is 17.5 Å². The van der Waals surface area contributed by atoms with Gasteiger partial charge in [0.25, 0.3) is 5.91 Å². The first-order valence-electron chi connectivity index (χ1n) is 9.19. The number of nitrogens with one attached hydrogen (secondary N) is 2. The van der Waals surface area contributed by atoms with E-state index in [-0.39, 0.29) is 23.9 Å². The molecule has 1 fully saturated rings. The summed E-state index contributed by atoms with van der Waals surface area (Å²) in [5, 5.41) is 6.16. The van der Waals surface area contributed by atoms with Crippen molar-refractivity contribution in [3.05, 3.63) is 65.7 Å². The molecule has 0 saturated carbocycles. The molecular formula is C21H23N3O2. The number of hydrogen-bond acceptors (Lipinski definition) is 3. The molecule has 4 rings (SSSR count). The Bertz CT molecular complexity index is 806. The van der Waals surface area contributed by atoms with Gasteiger partial charge in [0.2, 0.25) is 5.91 Å². The fraction of sp³-hybridized carbons (Fsp3) is 0.333. The molecular weight excluding hydrogens is 326 g/mol. The Morgan fingerprint density at radius 1 is 1.04 bits per heavy atom. The summed E-state index contributed by atoms with van der Waals surface area (Å²) in [4.78, 5) is 27.2. The Morgan fingerprint density at radius 3 is 2.65 bits per heavy atom. The van der Waals surface area contributed by atoms with E-state index < -0.39 is 0 Å². The Morgan fingerprint density at radius 2 is 1.81 bits per heavy atom. The van der Waals surface area contributed by atoms with E-state index in [2.05, 4.69) is 21.6 Å². The van der Waals surface area contributed by atoms with Crippen molar-refractivity contribution in [2.24, 2.45) is 0 Å². The summed E-state index contributed by atoms with van der Waals surface area (Å²) in [6.07, 6.45) is 2.56. The number of benzene rings is 2. The molecule has 0 bridgehead atoms. The summed E-state index contributed by atoms with van der Waals surface area (Å²) < 4.78 is 0. The van der Waals surface area contributed by atoms with Gasteiger partial charge in [-0.1, -0.05) is 36.4 Å². The molecule has 2 N–H and O–H groups in total. The van der Waals surface area contributed by atoms with Crippen molar-refractivity contribution in [2.45, 2.75) is 31.3 Å². The molecule has 2 aromatic rings. The monoisotopic (exact) mass is 349 g/mol. The average molecular weight is 349 g/mol. The number of amides is 2. The first kappa shape index (κ1) is 16.8. The number of hydrogen-bond donors (Lipinski definition) is 2. The highest BCUT2D eigenvalue weighted by molar-refractivity contribution is 5.96. The van der Waals surface area contributed by atoms with E-state index in [4.69, 9.17) is 0 Å². The van der Waals surface area contributed by atoms with E-state index >= 15 is 0 Å². The maximum Gasteiger partial charge on any atom is 0.251 e. The fourth-order valence-electron chi connectivity index (χ4n) is 3.89. The predicted molar refractivity (Wildman–Crippen MR) is 101 cm³/mol. The zero-order chi connectivity index (χ0) is 17.9. The second-order valence-electron chi connectivity index (χ2n) is 7.02. The molecule has 1 saturated heterocycles. The van der Waals surface area contributed by atoms with E-state index in [0.717, 1.165) is 31.5 Å². The smallest absolute Gasteiger partial charge is 0.251 e. The van der Waals surface area contributed by atoms with Gasteiger partial charge in [-0.05, 0) is 43.0 Å². The van der Waals surface area contributed by atoms with Crippen molar-refractivity contribution in [1.82, 2.24) is 10.2 Å². The third kappa shape index (κ3) is 3.48. The van der Waals surface area contributed by atoms with Crippen LogP contribution in [0.4, 0.5) is 5.69 Å². The molecule has 0 spiro atoms. The summed E-state index contributed by atoms with van der Waals surface area (Å²) in [5.74, 6) is 0.0140. The molecule has 2 atom stereocenters. The zero-order valence-electron chi connectivity index (χ0n) is 14.7. The van der Waals surface area contributed by atoms with Crippen molar-refractivity contribution in [1.29, 1.82) is 0 Å². The van der Waals surface area contributed by atoms with Crippen LogP contribution in [0.5, 0.6) is 0 Å². The lowest BCUT2D eigenvalue weighted by Gasteiger charge is -2.25. The van der Waals surface area contributed by atoms with E-state index in [0.29, 0.717) is 12.1 Å². The first-order chi connectivity index (χ1) is 12.7. The van der Waals surface area contributed by atoms with E-state index in [1.165, 1.54) is 5.56 Å². The van der Waals surface area contributed by atoms with Gasteiger partial charge in [0.15, 0.2) is 0 Å². The standard InChI is InChI=1S/C21H23N3O2/c25-20(16-7-2-1-3-8-16)22-17-12-13-24(14-17)19-11-10-15-6-4-5-9-18(15)23-21(19)26/h1-9,17,19H,10-14H2,(H,22,25)(H,23,26). The lowest BCUT2D eigenvalue weighted by atomic mass is 10.1. The molecule has 2 aromatic carbocycles. The minimum atomic E-state index is -0.138. The maximum atomic E-state index is 12.7. The summed E-state index contributed by atoms with van der Waals surface area (Å²) in [6, 6.07) is 17.2. The van der Waals surface area contributed by atoms with E-state index in [1.54, 1.807) is 0 Å². The lowest BCUT2D eigenvalue weighted by Crippen LogP contribution is -2.44. The number of rotatable bonds is 3. The molecule has 2 aliphatic rings. The largest absolute Gasteiger partial charge is 0.348 e. The fourth-order valence-corrected chi connectivity index (χ4v) is 3.89. The third-order valence-electron chi connectivity index (χ3n) is 5.30. The quantitative estimate of drug-likeness (QED) is 0.895. The molecule has 2 amide bonds. The highest BCUT2D eigenvalue weighted by Gasteiger charge is 2.34. The molecule has 0 aromatic heterocycles. The second kappa shape index (κ2) is 7.30. The van der Waals surface area contributed by atoms with Crippen LogP contribution < -0.4 is 10.6 Å². The Balaban J connectivity index is 1.38. The van der Waals surface area contributed by atoms with Gasteiger partial charge >= 0.3 is 0 Å². The van der Waals surface area contributed by atoms with Crippen LogP contribution >= 0.6 is 0 Å². The number of fused-ring (bicyclic) bond motifs is 1. The Labute approximate surface area is 153 Å². The van der Waals surface area contributed by atoms with E-state index in [1.807, 2.05) is 48.5 Å². The molecule has 5 heteroatoms. The van der Waals surface area contributed by atoms with Crippen LogP contribution in [0.3, 0.4) is 0 Å². The Kier molecular flexibility index (Phi) is 4.71. The second-order valence-corrected chi connectivity index (χ2v) is 7.02. The van der Waals surface area contributed by atoms with Crippen molar-refractivity contribution in [3.63, 3.8) is 0 Å². The Hall–Kier alpha value is -2.66. The summed E-state index contributed by atoms with van der Waals surface area (Å²) in [7, 11) is 0. The number of carbonyl (C=O) groups excluding carboxylic acids is 2. The summed E-state index contributed by atoms with van der Waals surface area (Å²) >= 11 is 0. The van der Waals surface area contributed by atoms with Crippen LogP contribution in [0.2, 0.25) is 0 Å². The minimum absolute atomic E-state index is 0.0461. The van der Waals surface area contributed by atoms with Gasteiger partial charge in [-0.2, -0.15) is 0 Å². The summed E-state index contributed by atoms with van der Waals surface area (Å²) in [6.45, 7) is 1.54. The molecule has 2 unspecified atom stereocenters. The van der Waals surface area contributed by atoms with E-state index in [9.17, 15) is 9.59 Å². The highest BCUT2D eigenvalue weighted by atomic mass is 16.2. The number of carbonyl (C=O) groups is 2. The molecule has 5 nitrogen and oxygen atoms in total. The van der Waals surface area contributed by atoms with Crippen molar-refractivity contribution < 1.29 is 9.59 Å². The maximum absolute atomic E-state index is 12.7. The molecule has 0 radical (unpaired) electrons. The minimum Gasteiger partial charge on any atom is -0.348 e. The van der Waals surface area contributed by atoms with Crippen LogP contribution in [0.1, 0.15) is 28.8 Å². The zero-order valence-corrected chi connectivity index (χ0v) is 14.7. The van der Waals surface area contributed by atoms with Crippen LogP contribution in [0.15, 0.2) is 54.6 Å². The molecule has 134 valence electrons. The van der Waals surface area contributed by atoms with Gasteiger partial charge in [0, 0.05) is 30.4 Å². The summed E-state index contributed by atoms with van der Waals surface area (Å²) in [5.41, 5.74) is 2.79. The van der Waals surface area contributed by atoms with Gasteiger partial charge in [0.1, 0.15) is 0 Å². The van der Waals surface area contributed by atoms with Crippen LogP contribution in [-0.4, -0.2) is 41.9 Å². The molecule has 0 aliphatic carbocycles. The SMILES string of the molecule is O=C(NC1CCN(C2CCc3ccccc3NC2=O)C1)c1ccccc1. The normalized spacial score (nSPS) is 23.0. The number of nitrogens with zero attached hydrogens (tertiary/aromatic N) is 1. The molecule has 2 heterocycles. The average Bonchev–Trinajstić information content (AvgIpc) is 3.04. The van der Waals surface area contributed by atoms with Crippen LogP contribution in [0, 0.1) is 0 Å². The first-order valence-corrected chi connectivity index (χ1v) is 9.19. The van der Waals surface area contributed by atoms with Crippen molar-refractivity contribution in [3.8, 4) is 0 Å². The lowest BCUT2D eigenvalue weighted by molar-refractivity contribution is -0.121. The van der Waals surface area contributed by atoms with Gasteiger partial charge < -0.3 is 10.6 Å². The van der Waals surface area contributed by atoms with Crippen molar-refractivity contribution in [2.75, 3.05) is 18.4 Å². The number of anilines is 1. The highest BCUT2D eigenvalue weighted by Crippen LogP contribution is 2.25.